The van der Waals surface area contributed by atoms with Crippen LogP contribution in [0.3, 0.4) is 0 Å². The van der Waals surface area contributed by atoms with E-state index in [1.807, 2.05) is 0 Å². The fourth-order valence-electron chi connectivity index (χ4n) is 2.35. The zero-order chi connectivity index (χ0) is 15.6. The number of aliphatic imine (C=N–C) groups is 1. The Morgan fingerprint density at radius 2 is 1.73 bits per heavy atom. The van der Waals surface area contributed by atoms with Gasteiger partial charge < -0.3 is 4.90 Å². The Morgan fingerprint density at radius 3 is 2.36 bits per heavy atom. The van der Waals surface area contributed by atoms with Crippen LogP contribution in [0.2, 0.25) is 0 Å². The lowest BCUT2D eigenvalue weighted by atomic mass is 10.0. The lowest BCUT2D eigenvalue weighted by Crippen LogP contribution is -2.41. The van der Waals surface area contributed by atoms with Crippen molar-refractivity contribution in [2.45, 2.75) is 18.4 Å². The SMILES string of the molecule is FC(F)(F)[C@H](c1ccccc1)N1C=CN=CC1n1nccn1. The Balaban J connectivity index is 2.03. The van der Waals surface area contributed by atoms with E-state index in [1.54, 1.807) is 18.2 Å². The Kier molecular flexibility index (Phi) is 3.66. The molecule has 2 heterocycles. The van der Waals surface area contributed by atoms with Crippen LogP contribution >= 0.6 is 0 Å². The maximum Gasteiger partial charge on any atom is 0.413 e. The van der Waals surface area contributed by atoms with Crippen LogP contribution in [0.4, 0.5) is 13.2 Å². The molecule has 0 spiro atoms. The highest BCUT2D eigenvalue weighted by Crippen LogP contribution is 2.40. The van der Waals surface area contributed by atoms with Gasteiger partial charge in [-0.25, -0.2) is 0 Å². The van der Waals surface area contributed by atoms with Crippen molar-refractivity contribution in [2.24, 2.45) is 4.99 Å². The summed E-state index contributed by atoms with van der Waals surface area (Å²) in [7, 11) is 0. The minimum atomic E-state index is -4.46. The van der Waals surface area contributed by atoms with Crippen LogP contribution in [0.15, 0.2) is 60.1 Å². The zero-order valence-electron chi connectivity index (χ0n) is 11.3. The molecule has 1 aromatic heterocycles. The first-order chi connectivity index (χ1) is 10.6. The molecule has 0 N–H and O–H groups in total. The number of nitrogens with zero attached hydrogens (tertiary/aromatic N) is 5. The summed E-state index contributed by atoms with van der Waals surface area (Å²) >= 11 is 0. The van der Waals surface area contributed by atoms with Crippen molar-refractivity contribution in [3.05, 3.63) is 60.7 Å². The molecule has 0 fully saturated rings. The smallest absolute Gasteiger partial charge is 0.333 e. The summed E-state index contributed by atoms with van der Waals surface area (Å²) < 4.78 is 40.9. The number of rotatable bonds is 3. The van der Waals surface area contributed by atoms with Gasteiger partial charge in [0.05, 0.1) is 18.6 Å². The summed E-state index contributed by atoms with van der Waals surface area (Å²) in [5.41, 5.74) is 0.145. The molecule has 0 amide bonds. The zero-order valence-corrected chi connectivity index (χ0v) is 11.3. The topological polar surface area (TPSA) is 46.3 Å². The van der Waals surface area contributed by atoms with Crippen molar-refractivity contribution >= 4 is 6.21 Å². The van der Waals surface area contributed by atoms with Crippen LogP contribution in [0.5, 0.6) is 0 Å². The van der Waals surface area contributed by atoms with Gasteiger partial charge in [-0.2, -0.15) is 28.2 Å². The molecule has 0 saturated carbocycles. The van der Waals surface area contributed by atoms with Crippen molar-refractivity contribution in [3.8, 4) is 0 Å². The molecule has 2 atom stereocenters. The van der Waals surface area contributed by atoms with E-state index in [1.165, 1.54) is 47.9 Å². The molecule has 1 aromatic carbocycles. The molecule has 0 saturated heterocycles. The molecule has 22 heavy (non-hydrogen) atoms. The number of halogens is 3. The Morgan fingerprint density at radius 1 is 1.05 bits per heavy atom. The van der Waals surface area contributed by atoms with Crippen LogP contribution < -0.4 is 0 Å². The summed E-state index contributed by atoms with van der Waals surface area (Å²) in [5.74, 6) is 0. The van der Waals surface area contributed by atoms with Gasteiger partial charge in [-0.05, 0) is 5.56 Å². The van der Waals surface area contributed by atoms with Crippen LogP contribution in [-0.2, 0) is 0 Å². The lowest BCUT2D eigenvalue weighted by Gasteiger charge is -2.37. The molecular weight excluding hydrogens is 295 g/mol. The van der Waals surface area contributed by atoms with Gasteiger partial charge in [0.15, 0.2) is 12.2 Å². The van der Waals surface area contributed by atoms with Gasteiger partial charge in [0.25, 0.3) is 0 Å². The minimum Gasteiger partial charge on any atom is -0.333 e. The van der Waals surface area contributed by atoms with Gasteiger partial charge in [-0.1, -0.05) is 30.3 Å². The molecule has 0 aliphatic carbocycles. The number of alkyl halides is 3. The predicted molar refractivity (Wildman–Crippen MR) is 73.8 cm³/mol. The van der Waals surface area contributed by atoms with E-state index in [2.05, 4.69) is 15.2 Å². The van der Waals surface area contributed by atoms with Crippen molar-refractivity contribution in [1.29, 1.82) is 0 Å². The van der Waals surface area contributed by atoms with Gasteiger partial charge in [0, 0.05) is 12.4 Å². The minimum absolute atomic E-state index is 0.145. The summed E-state index contributed by atoms with van der Waals surface area (Å²) in [4.78, 5) is 6.24. The van der Waals surface area contributed by atoms with E-state index in [4.69, 9.17) is 0 Å². The average molecular weight is 307 g/mol. The second-order valence-electron chi connectivity index (χ2n) is 4.66. The van der Waals surface area contributed by atoms with Gasteiger partial charge in [-0.15, -0.1) is 0 Å². The number of hydrogen-bond acceptors (Lipinski definition) is 4. The van der Waals surface area contributed by atoms with Crippen LogP contribution in [0.25, 0.3) is 0 Å². The van der Waals surface area contributed by atoms with E-state index in [9.17, 15) is 13.2 Å². The first kappa shape index (κ1) is 14.3. The van der Waals surface area contributed by atoms with Crippen molar-refractivity contribution < 1.29 is 13.2 Å². The highest BCUT2D eigenvalue weighted by atomic mass is 19.4. The van der Waals surface area contributed by atoms with Gasteiger partial charge in [0.2, 0.25) is 0 Å². The van der Waals surface area contributed by atoms with E-state index in [0.717, 1.165) is 4.90 Å². The third kappa shape index (κ3) is 2.72. The standard InChI is InChI=1S/C14H12F3N5/c15-14(16,17)13(11-4-2-1-3-5-11)21-9-8-18-10-12(21)22-19-6-7-20-22/h1-10,12-13H/t12?,13-/m0/s1. The van der Waals surface area contributed by atoms with E-state index >= 15 is 0 Å². The third-order valence-electron chi connectivity index (χ3n) is 3.25. The van der Waals surface area contributed by atoms with Crippen molar-refractivity contribution in [2.75, 3.05) is 0 Å². The lowest BCUT2D eigenvalue weighted by molar-refractivity contribution is -0.185. The van der Waals surface area contributed by atoms with Crippen LogP contribution in [-0.4, -0.2) is 32.3 Å². The molecule has 1 aliphatic rings. The molecule has 2 aromatic rings. The molecule has 5 nitrogen and oxygen atoms in total. The Bertz CT molecular complexity index is 664. The summed E-state index contributed by atoms with van der Waals surface area (Å²) in [6.45, 7) is 0. The average Bonchev–Trinajstić information content (AvgIpc) is 3.02. The molecule has 3 rings (SSSR count). The van der Waals surface area contributed by atoms with Crippen molar-refractivity contribution in [1.82, 2.24) is 19.9 Å². The van der Waals surface area contributed by atoms with Gasteiger partial charge in [0.1, 0.15) is 0 Å². The third-order valence-corrected chi connectivity index (χ3v) is 3.25. The highest BCUT2D eigenvalue weighted by Gasteiger charge is 2.46. The van der Waals surface area contributed by atoms with E-state index < -0.39 is 18.4 Å². The second-order valence-corrected chi connectivity index (χ2v) is 4.66. The van der Waals surface area contributed by atoms with E-state index in [0.29, 0.717) is 0 Å². The summed E-state index contributed by atoms with van der Waals surface area (Å²) in [6, 6.07) is 5.93. The number of benzene rings is 1. The van der Waals surface area contributed by atoms with Gasteiger partial charge in [-0.3, -0.25) is 4.99 Å². The molecule has 114 valence electrons. The molecule has 0 bridgehead atoms. The van der Waals surface area contributed by atoms with Crippen LogP contribution in [0.1, 0.15) is 17.8 Å². The number of hydrogen-bond donors (Lipinski definition) is 0. The molecule has 0 radical (unpaired) electrons. The van der Waals surface area contributed by atoms with Crippen molar-refractivity contribution in [3.63, 3.8) is 0 Å². The fraction of sp³-hybridized carbons (Fsp3) is 0.214. The van der Waals surface area contributed by atoms with E-state index in [-0.39, 0.29) is 5.56 Å². The maximum atomic E-state index is 13.6. The number of aromatic nitrogens is 3. The normalized spacial score (nSPS) is 19.4. The first-order valence-electron chi connectivity index (χ1n) is 6.52. The maximum absolute atomic E-state index is 13.6. The first-order valence-corrected chi connectivity index (χ1v) is 6.52. The fourth-order valence-corrected chi connectivity index (χ4v) is 2.35. The predicted octanol–water partition coefficient (Wildman–Crippen LogP) is 2.94. The summed E-state index contributed by atoms with van der Waals surface area (Å²) in [6.07, 6.45) is 1.53. The van der Waals surface area contributed by atoms with Gasteiger partial charge >= 0.3 is 6.18 Å². The molecule has 8 heteroatoms. The highest BCUT2D eigenvalue weighted by molar-refractivity contribution is 5.64. The molecular formula is C14H12F3N5. The molecule has 1 unspecified atom stereocenters. The second kappa shape index (κ2) is 5.63. The largest absolute Gasteiger partial charge is 0.413 e. The van der Waals surface area contributed by atoms with Crippen LogP contribution in [0, 0.1) is 0 Å². The Hall–Kier alpha value is -2.64. The Labute approximate surface area is 124 Å². The molecule has 1 aliphatic heterocycles. The quantitative estimate of drug-likeness (QED) is 0.876. The summed E-state index contributed by atoms with van der Waals surface area (Å²) in [5, 5.41) is 7.84. The monoisotopic (exact) mass is 307 g/mol.